The highest BCUT2D eigenvalue weighted by molar-refractivity contribution is 6.30. The fraction of sp³-hybridized carbons (Fsp3) is 0.333. The molecule has 5 nitrogen and oxygen atoms in total. The quantitative estimate of drug-likeness (QED) is 0.836. The van der Waals surface area contributed by atoms with Gasteiger partial charge >= 0.3 is 0 Å². The molecule has 0 saturated heterocycles. The Hall–Kier alpha value is -2.11. The molecule has 0 saturated carbocycles. The van der Waals surface area contributed by atoms with Crippen LogP contribution in [0.25, 0.3) is 0 Å². The first-order valence-electron chi connectivity index (χ1n) is 7.74. The van der Waals surface area contributed by atoms with Gasteiger partial charge in [0.05, 0.1) is 12.2 Å². The molecule has 1 N–H and O–H groups in total. The topological polar surface area (TPSA) is 60.3 Å². The number of halogens is 1. The number of benzene rings is 1. The zero-order valence-electron chi connectivity index (χ0n) is 13.8. The zero-order chi connectivity index (χ0) is 17.5. The van der Waals surface area contributed by atoms with E-state index in [2.05, 4.69) is 5.32 Å². The number of carbonyl (C=O) groups is 1. The summed E-state index contributed by atoms with van der Waals surface area (Å²) in [7, 11) is 1.57. The van der Waals surface area contributed by atoms with E-state index in [9.17, 15) is 9.59 Å². The van der Waals surface area contributed by atoms with E-state index in [0.29, 0.717) is 30.2 Å². The van der Waals surface area contributed by atoms with E-state index in [1.54, 1.807) is 13.3 Å². The minimum absolute atomic E-state index is 0.0435. The molecule has 1 aromatic carbocycles. The molecule has 2 rings (SSSR count). The molecule has 1 aromatic heterocycles. The molecule has 0 bridgehead atoms. The number of amides is 1. The summed E-state index contributed by atoms with van der Waals surface area (Å²) in [5, 5.41) is 3.63. The lowest BCUT2D eigenvalue weighted by Gasteiger charge is -2.15. The van der Waals surface area contributed by atoms with Crippen molar-refractivity contribution in [2.75, 3.05) is 13.7 Å². The Labute approximate surface area is 146 Å². The number of rotatable bonds is 7. The van der Waals surface area contributed by atoms with Crippen molar-refractivity contribution in [2.24, 2.45) is 0 Å². The molecule has 0 spiro atoms. The summed E-state index contributed by atoms with van der Waals surface area (Å²) in [5.74, 6) is -0.206. The van der Waals surface area contributed by atoms with Crippen LogP contribution in [0.3, 0.4) is 0 Å². The van der Waals surface area contributed by atoms with Crippen LogP contribution in [-0.2, 0) is 17.7 Å². The molecule has 2 aromatic rings. The maximum absolute atomic E-state index is 12.4. The summed E-state index contributed by atoms with van der Waals surface area (Å²) >= 11 is 5.87. The van der Waals surface area contributed by atoms with Gasteiger partial charge in [0.1, 0.15) is 0 Å². The van der Waals surface area contributed by atoms with Crippen LogP contribution in [0.1, 0.15) is 22.8 Å². The number of aromatic nitrogens is 1. The molecule has 1 atom stereocenters. The highest BCUT2D eigenvalue weighted by Gasteiger charge is 2.11. The molecule has 0 aliphatic carbocycles. The standard InChI is InChI=1S/C18H21ClN2O3/c1-13(11-14-3-6-16(19)7-4-14)20-18(23)15-5-8-17(22)21(12-15)9-10-24-2/h3-8,12-13H,9-11H2,1-2H3,(H,20,23). The summed E-state index contributed by atoms with van der Waals surface area (Å²) in [6.07, 6.45) is 2.26. The molecular formula is C18H21ClN2O3. The fourth-order valence-electron chi connectivity index (χ4n) is 2.36. The second-order valence-electron chi connectivity index (χ2n) is 5.65. The third kappa shape index (κ3) is 5.22. The van der Waals surface area contributed by atoms with Crippen molar-refractivity contribution in [3.05, 3.63) is 69.1 Å². The monoisotopic (exact) mass is 348 g/mol. The van der Waals surface area contributed by atoms with Gasteiger partial charge in [-0.25, -0.2) is 0 Å². The van der Waals surface area contributed by atoms with Gasteiger partial charge in [-0.3, -0.25) is 9.59 Å². The molecule has 0 aliphatic rings. The van der Waals surface area contributed by atoms with Gasteiger partial charge < -0.3 is 14.6 Å². The molecule has 1 amide bonds. The molecular weight excluding hydrogens is 328 g/mol. The minimum atomic E-state index is -0.206. The second-order valence-corrected chi connectivity index (χ2v) is 6.08. The Morgan fingerprint density at radius 3 is 2.62 bits per heavy atom. The predicted molar refractivity (Wildman–Crippen MR) is 94.7 cm³/mol. The highest BCUT2D eigenvalue weighted by Crippen LogP contribution is 2.11. The van der Waals surface area contributed by atoms with Gasteiger partial charge in [-0.15, -0.1) is 0 Å². The first kappa shape index (κ1) is 18.2. The lowest BCUT2D eigenvalue weighted by molar-refractivity contribution is 0.0939. The van der Waals surface area contributed by atoms with Crippen LogP contribution in [-0.4, -0.2) is 30.2 Å². The first-order chi connectivity index (χ1) is 11.5. The van der Waals surface area contributed by atoms with E-state index in [1.807, 2.05) is 31.2 Å². The number of hydrogen-bond donors (Lipinski definition) is 1. The molecule has 1 heterocycles. The normalized spacial score (nSPS) is 12.0. The maximum Gasteiger partial charge on any atom is 0.252 e. The van der Waals surface area contributed by atoms with Crippen LogP contribution in [0, 0.1) is 0 Å². The Bertz CT molecular complexity index is 741. The van der Waals surface area contributed by atoms with Crippen LogP contribution in [0.2, 0.25) is 5.02 Å². The molecule has 24 heavy (non-hydrogen) atoms. The van der Waals surface area contributed by atoms with Crippen LogP contribution in [0.5, 0.6) is 0 Å². The second kappa shape index (κ2) is 8.66. The van der Waals surface area contributed by atoms with Gasteiger partial charge in [0, 0.05) is 37.0 Å². The van der Waals surface area contributed by atoms with Gasteiger partial charge in [0.2, 0.25) is 0 Å². The predicted octanol–water partition coefficient (Wildman–Crippen LogP) is 2.51. The van der Waals surface area contributed by atoms with Crippen LogP contribution >= 0.6 is 11.6 Å². The number of hydrogen-bond acceptors (Lipinski definition) is 3. The third-order valence-corrected chi connectivity index (χ3v) is 3.87. The van der Waals surface area contributed by atoms with Gasteiger partial charge in [-0.2, -0.15) is 0 Å². The average molecular weight is 349 g/mol. The molecule has 128 valence electrons. The number of nitrogens with zero attached hydrogens (tertiary/aromatic N) is 1. The third-order valence-electron chi connectivity index (χ3n) is 3.61. The van der Waals surface area contributed by atoms with Crippen LogP contribution in [0.4, 0.5) is 0 Å². The summed E-state index contributed by atoms with van der Waals surface area (Å²) in [6, 6.07) is 10.4. The van der Waals surface area contributed by atoms with E-state index in [1.165, 1.54) is 16.7 Å². The SMILES string of the molecule is COCCn1cc(C(=O)NC(C)Cc2ccc(Cl)cc2)ccc1=O. The van der Waals surface area contributed by atoms with Crippen LogP contribution in [0.15, 0.2) is 47.4 Å². The van der Waals surface area contributed by atoms with Crippen molar-refractivity contribution < 1.29 is 9.53 Å². The van der Waals surface area contributed by atoms with Gasteiger partial charge in [-0.05, 0) is 37.1 Å². The van der Waals surface area contributed by atoms with Crippen LogP contribution < -0.4 is 10.9 Å². The Morgan fingerprint density at radius 1 is 1.25 bits per heavy atom. The summed E-state index contributed by atoms with van der Waals surface area (Å²) < 4.78 is 6.45. The van der Waals surface area contributed by atoms with E-state index in [4.69, 9.17) is 16.3 Å². The van der Waals surface area contributed by atoms with Crippen molar-refractivity contribution in [2.45, 2.75) is 25.9 Å². The molecule has 0 aliphatic heterocycles. The van der Waals surface area contributed by atoms with Gasteiger partial charge in [0.25, 0.3) is 11.5 Å². The molecule has 1 unspecified atom stereocenters. The lowest BCUT2D eigenvalue weighted by Crippen LogP contribution is -2.35. The average Bonchev–Trinajstić information content (AvgIpc) is 2.56. The molecule has 6 heteroatoms. The number of pyridine rings is 1. The van der Waals surface area contributed by atoms with E-state index in [-0.39, 0.29) is 17.5 Å². The van der Waals surface area contributed by atoms with Crippen molar-refractivity contribution >= 4 is 17.5 Å². The van der Waals surface area contributed by atoms with Crippen molar-refractivity contribution in [1.82, 2.24) is 9.88 Å². The minimum Gasteiger partial charge on any atom is -0.383 e. The highest BCUT2D eigenvalue weighted by atomic mass is 35.5. The largest absolute Gasteiger partial charge is 0.383 e. The van der Waals surface area contributed by atoms with Crippen molar-refractivity contribution in [3.63, 3.8) is 0 Å². The number of carbonyl (C=O) groups excluding carboxylic acids is 1. The first-order valence-corrected chi connectivity index (χ1v) is 8.12. The lowest BCUT2D eigenvalue weighted by atomic mass is 10.1. The van der Waals surface area contributed by atoms with E-state index in [0.717, 1.165) is 5.56 Å². The number of methoxy groups -OCH3 is 1. The maximum atomic E-state index is 12.4. The van der Waals surface area contributed by atoms with Gasteiger partial charge in [-0.1, -0.05) is 23.7 Å². The smallest absolute Gasteiger partial charge is 0.252 e. The summed E-state index contributed by atoms with van der Waals surface area (Å²) in [5.41, 5.74) is 1.39. The zero-order valence-corrected chi connectivity index (χ0v) is 14.5. The van der Waals surface area contributed by atoms with Gasteiger partial charge in [0.15, 0.2) is 0 Å². The Morgan fingerprint density at radius 2 is 1.96 bits per heavy atom. The van der Waals surface area contributed by atoms with E-state index < -0.39 is 0 Å². The fourth-order valence-corrected chi connectivity index (χ4v) is 2.49. The van der Waals surface area contributed by atoms with E-state index >= 15 is 0 Å². The Balaban J connectivity index is 2.00. The molecule has 0 radical (unpaired) electrons. The summed E-state index contributed by atoms with van der Waals surface area (Å²) in [6.45, 7) is 2.77. The van der Waals surface area contributed by atoms with Crippen molar-refractivity contribution in [3.8, 4) is 0 Å². The molecule has 0 fully saturated rings. The van der Waals surface area contributed by atoms with Crippen molar-refractivity contribution in [1.29, 1.82) is 0 Å². The number of nitrogens with one attached hydrogen (secondary N) is 1. The Kier molecular flexibility index (Phi) is 6.58. The summed E-state index contributed by atoms with van der Waals surface area (Å²) in [4.78, 5) is 24.1. The number of ether oxygens (including phenoxy) is 1.